The van der Waals surface area contributed by atoms with Gasteiger partial charge in [-0.25, -0.2) is 4.98 Å². The molecule has 1 aliphatic rings. The molecule has 7 heteroatoms. The second kappa shape index (κ2) is 6.63. The molecule has 0 atom stereocenters. The van der Waals surface area contributed by atoms with Crippen LogP contribution in [0.5, 0.6) is 5.75 Å². The first-order valence-corrected chi connectivity index (χ1v) is 9.64. The minimum atomic E-state index is 0.133. The number of carbonyl (C=O) groups excluding carboxylic acids is 1. The maximum absolute atomic E-state index is 11.3. The molecule has 1 aliphatic heterocycles. The number of hydrogen-bond donors (Lipinski definition) is 1. The van der Waals surface area contributed by atoms with E-state index in [4.69, 9.17) is 9.72 Å². The highest BCUT2D eigenvalue weighted by molar-refractivity contribution is 5.98. The normalized spacial score (nSPS) is 13.4. The molecule has 0 bridgehead atoms. The predicted molar refractivity (Wildman–Crippen MR) is 113 cm³/mol. The number of aliphatic hydroxyl groups is 1. The van der Waals surface area contributed by atoms with Crippen LogP contribution in [0.15, 0.2) is 36.4 Å². The number of hydrogen-bond acceptors (Lipinski definition) is 5. The maximum atomic E-state index is 11.3. The van der Waals surface area contributed by atoms with Crippen molar-refractivity contribution in [3.63, 3.8) is 0 Å². The van der Waals surface area contributed by atoms with Crippen molar-refractivity contribution in [3.8, 4) is 17.3 Å². The van der Waals surface area contributed by atoms with Crippen LogP contribution in [0.1, 0.15) is 10.4 Å². The van der Waals surface area contributed by atoms with Crippen LogP contribution in [-0.2, 0) is 13.6 Å². The van der Waals surface area contributed by atoms with Gasteiger partial charge in [0.25, 0.3) is 0 Å². The number of methoxy groups -OCH3 is 1. The molecule has 4 aromatic rings. The highest BCUT2D eigenvalue weighted by atomic mass is 16.5. The van der Waals surface area contributed by atoms with E-state index in [1.807, 2.05) is 11.6 Å². The topological polar surface area (TPSA) is 72.5 Å². The third-order valence-electron chi connectivity index (χ3n) is 5.74. The molecule has 0 spiro atoms. The number of β-amino-alcohol motifs (C(OH)–C–C–N with tert-alkyl or cyclic N) is 1. The largest absolute Gasteiger partial charge is 0.494 e. The van der Waals surface area contributed by atoms with E-state index in [-0.39, 0.29) is 6.61 Å². The monoisotopic (exact) mass is 390 g/mol. The van der Waals surface area contributed by atoms with Gasteiger partial charge in [-0.1, -0.05) is 12.1 Å². The third kappa shape index (κ3) is 2.54. The molecule has 29 heavy (non-hydrogen) atoms. The van der Waals surface area contributed by atoms with Gasteiger partial charge in [-0.2, -0.15) is 0 Å². The number of ether oxygens (including phenoxy) is 1. The van der Waals surface area contributed by atoms with Crippen molar-refractivity contribution in [3.05, 3.63) is 42.0 Å². The summed E-state index contributed by atoms with van der Waals surface area (Å²) >= 11 is 0. The average Bonchev–Trinajstić information content (AvgIpc) is 3.28. The fourth-order valence-electron chi connectivity index (χ4n) is 4.46. The molecule has 7 nitrogen and oxygen atoms in total. The predicted octanol–water partition coefficient (Wildman–Crippen LogP) is 2.83. The molecule has 5 rings (SSSR count). The van der Waals surface area contributed by atoms with Gasteiger partial charge in [-0.15, -0.1) is 0 Å². The number of aldehydes is 1. The molecule has 148 valence electrons. The van der Waals surface area contributed by atoms with Crippen LogP contribution in [0.3, 0.4) is 0 Å². The molecule has 0 radical (unpaired) electrons. The number of rotatable bonds is 5. The molecule has 0 saturated carbocycles. The Balaban J connectivity index is 1.76. The first-order valence-electron chi connectivity index (χ1n) is 9.64. The first-order chi connectivity index (χ1) is 14.2. The molecular weight excluding hydrogens is 368 g/mol. The Labute approximate surface area is 167 Å². The van der Waals surface area contributed by atoms with Gasteiger partial charge in [-0.05, 0) is 24.3 Å². The van der Waals surface area contributed by atoms with E-state index < -0.39 is 0 Å². The number of aliphatic hydroxyl groups excluding tert-OH is 1. The Morgan fingerprint density at radius 1 is 1.21 bits per heavy atom. The summed E-state index contributed by atoms with van der Waals surface area (Å²) < 4.78 is 9.86. The van der Waals surface area contributed by atoms with Gasteiger partial charge < -0.3 is 23.9 Å². The summed E-state index contributed by atoms with van der Waals surface area (Å²) in [4.78, 5) is 18.4. The van der Waals surface area contributed by atoms with Crippen LogP contribution >= 0.6 is 0 Å². The standard InChI is InChI=1S/C22H22N4O3/c1-24-21-16(10-14(13-28)11-19(21)29-2)23-22(24)18-12-15-4-3-5-17-20(15)26(18)7-6-25(17)8-9-27/h3-5,10-13,27H,6-9H2,1-2H3. The van der Waals surface area contributed by atoms with Crippen LogP contribution in [0.2, 0.25) is 0 Å². The number of benzene rings is 2. The molecule has 0 saturated heterocycles. The summed E-state index contributed by atoms with van der Waals surface area (Å²) in [5.41, 5.74) is 5.47. The van der Waals surface area contributed by atoms with Gasteiger partial charge in [0.2, 0.25) is 0 Å². The lowest BCUT2D eigenvalue weighted by Crippen LogP contribution is -2.33. The van der Waals surface area contributed by atoms with Crippen molar-refractivity contribution < 1.29 is 14.6 Å². The molecule has 0 unspecified atom stereocenters. The lowest BCUT2D eigenvalue weighted by molar-refractivity contribution is 0.112. The maximum Gasteiger partial charge on any atom is 0.157 e. The van der Waals surface area contributed by atoms with E-state index in [9.17, 15) is 9.90 Å². The summed E-state index contributed by atoms with van der Waals surface area (Å²) in [5, 5.41) is 10.6. The Hall–Kier alpha value is -3.32. The number of carbonyl (C=O) groups is 1. The van der Waals surface area contributed by atoms with Crippen LogP contribution in [0.4, 0.5) is 5.69 Å². The molecule has 2 aromatic heterocycles. The number of aromatic nitrogens is 3. The fraction of sp³-hybridized carbons (Fsp3) is 0.273. The Morgan fingerprint density at radius 2 is 2.07 bits per heavy atom. The summed E-state index contributed by atoms with van der Waals surface area (Å²) in [7, 11) is 3.58. The fourth-order valence-corrected chi connectivity index (χ4v) is 4.46. The van der Waals surface area contributed by atoms with Crippen molar-refractivity contribution in [2.75, 3.05) is 31.7 Å². The molecule has 2 aromatic carbocycles. The lowest BCUT2D eigenvalue weighted by Gasteiger charge is -2.30. The summed E-state index contributed by atoms with van der Waals surface area (Å²) in [6, 6.07) is 12.0. The van der Waals surface area contributed by atoms with Gasteiger partial charge in [0, 0.05) is 37.6 Å². The quantitative estimate of drug-likeness (QED) is 0.531. The first kappa shape index (κ1) is 17.8. The summed E-state index contributed by atoms with van der Waals surface area (Å²) in [6.45, 7) is 2.40. The van der Waals surface area contributed by atoms with Gasteiger partial charge in [0.1, 0.15) is 17.6 Å². The highest BCUT2D eigenvalue weighted by Gasteiger charge is 2.24. The van der Waals surface area contributed by atoms with E-state index in [1.165, 1.54) is 0 Å². The second-order valence-electron chi connectivity index (χ2n) is 7.31. The SMILES string of the molecule is COc1cc(C=O)cc2nc(-c3cc4cccc5c4n3CCN5CCO)n(C)c12. The molecule has 0 amide bonds. The second-order valence-corrected chi connectivity index (χ2v) is 7.31. The number of nitrogens with zero attached hydrogens (tertiary/aromatic N) is 4. The minimum absolute atomic E-state index is 0.133. The van der Waals surface area contributed by atoms with E-state index in [1.54, 1.807) is 19.2 Å². The van der Waals surface area contributed by atoms with Crippen LogP contribution < -0.4 is 9.64 Å². The zero-order chi connectivity index (χ0) is 20.1. The molecule has 0 aliphatic carbocycles. The number of para-hydroxylation sites is 1. The average molecular weight is 390 g/mol. The van der Waals surface area contributed by atoms with Gasteiger partial charge in [-0.3, -0.25) is 4.79 Å². The van der Waals surface area contributed by atoms with Crippen molar-refractivity contribution in [2.45, 2.75) is 6.54 Å². The van der Waals surface area contributed by atoms with Crippen molar-refractivity contribution >= 4 is 33.9 Å². The van der Waals surface area contributed by atoms with E-state index in [0.29, 0.717) is 17.9 Å². The number of fused-ring (bicyclic) bond motifs is 1. The Kier molecular flexibility index (Phi) is 4.06. The highest BCUT2D eigenvalue weighted by Crippen LogP contribution is 2.38. The van der Waals surface area contributed by atoms with Crippen LogP contribution in [0.25, 0.3) is 33.5 Å². The van der Waals surface area contributed by atoms with E-state index in [2.05, 4.69) is 33.7 Å². The minimum Gasteiger partial charge on any atom is -0.494 e. The smallest absolute Gasteiger partial charge is 0.157 e. The molecule has 0 fully saturated rings. The zero-order valence-corrected chi connectivity index (χ0v) is 16.4. The molecule has 1 N–H and O–H groups in total. The Bertz CT molecular complexity index is 1250. The molecular formula is C22H22N4O3. The zero-order valence-electron chi connectivity index (χ0n) is 16.4. The van der Waals surface area contributed by atoms with Crippen molar-refractivity contribution in [2.24, 2.45) is 7.05 Å². The Morgan fingerprint density at radius 3 is 2.83 bits per heavy atom. The van der Waals surface area contributed by atoms with E-state index in [0.717, 1.165) is 58.5 Å². The van der Waals surface area contributed by atoms with Crippen LogP contribution in [0, 0.1) is 0 Å². The lowest BCUT2D eigenvalue weighted by atomic mass is 10.2. The number of aryl methyl sites for hydroxylation is 1. The third-order valence-corrected chi connectivity index (χ3v) is 5.74. The number of anilines is 1. The summed E-state index contributed by atoms with van der Waals surface area (Å²) in [5.74, 6) is 1.47. The van der Waals surface area contributed by atoms with Gasteiger partial charge in [0.15, 0.2) is 5.82 Å². The summed E-state index contributed by atoms with van der Waals surface area (Å²) in [6.07, 6.45) is 0.813. The molecule has 3 heterocycles. The van der Waals surface area contributed by atoms with Gasteiger partial charge in [0.05, 0.1) is 36.1 Å². The van der Waals surface area contributed by atoms with E-state index >= 15 is 0 Å². The van der Waals surface area contributed by atoms with Gasteiger partial charge >= 0.3 is 0 Å². The van der Waals surface area contributed by atoms with Crippen LogP contribution in [-0.4, -0.2) is 52.3 Å². The number of imidazole rings is 1. The van der Waals surface area contributed by atoms with Crippen molar-refractivity contribution in [1.29, 1.82) is 0 Å². The van der Waals surface area contributed by atoms with Crippen molar-refractivity contribution in [1.82, 2.24) is 14.1 Å².